The lowest BCUT2D eigenvalue weighted by Gasteiger charge is -2.13. The summed E-state index contributed by atoms with van der Waals surface area (Å²) in [5, 5.41) is 3.69. The van der Waals surface area contributed by atoms with Gasteiger partial charge in [-0.05, 0) is 35.9 Å². The van der Waals surface area contributed by atoms with Crippen molar-refractivity contribution in [1.82, 2.24) is 0 Å². The Hall–Kier alpha value is -1.94. The maximum atomic E-state index is 13.2. The van der Waals surface area contributed by atoms with Crippen LogP contribution in [0, 0.1) is 5.82 Å². The van der Waals surface area contributed by atoms with Crippen molar-refractivity contribution in [2.24, 2.45) is 0 Å². The molecule has 0 radical (unpaired) electrons. The van der Waals surface area contributed by atoms with E-state index in [0.717, 1.165) is 5.69 Å². The Morgan fingerprint density at radius 2 is 1.90 bits per heavy atom. The minimum absolute atomic E-state index is 0.312. The second kappa shape index (κ2) is 6.48. The molecule has 0 unspecified atom stereocenters. The van der Waals surface area contributed by atoms with E-state index in [2.05, 4.69) is 5.32 Å². The van der Waals surface area contributed by atoms with Gasteiger partial charge in [-0.25, -0.2) is 4.39 Å². The maximum absolute atomic E-state index is 13.2. The summed E-state index contributed by atoms with van der Waals surface area (Å²) in [7, 11) is 3.17. The second-order valence-corrected chi connectivity index (χ2v) is 4.56. The van der Waals surface area contributed by atoms with Crippen LogP contribution in [-0.4, -0.2) is 14.2 Å². The van der Waals surface area contributed by atoms with E-state index in [0.29, 0.717) is 28.6 Å². The van der Waals surface area contributed by atoms with E-state index >= 15 is 0 Å². The van der Waals surface area contributed by atoms with Gasteiger partial charge in [0.2, 0.25) is 0 Å². The average molecular weight is 296 g/mol. The molecule has 3 nitrogen and oxygen atoms in total. The fourth-order valence-corrected chi connectivity index (χ4v) is 2.00. The van der Waals surface area contributed by atoms with Gasteiger partial charge >= 0.3 is 0 Å². The molecule has 0 aliphatic heterocycles. The molecule has 106 valence electrons. The summed E-state index contributed by atoms with van der Waals surface area (Å²) >= 11 is 6.03. The van der Waals surface area contributed by atoms with Crippen molar-refractivity contribution in [1.29, 1.82) is 0 Å². The molecule has 0 heterocycles. The third kappa shape index (κ3) is 3.33. The Morgan fingerprint density at radius 3 is 2.60 bits per heavy atom. The molecule has 20 heavy (non-hydrogen) atoms. The first-order valence-electron chi connectivity index (χ1n) is 6.04. The molecule has 0 aliphatic carbocycles. The van der Waals surface area contributed by atoms with Gasteiger partial charge in [0.05, 0.1) is 19.9 Å². The minimum Gasteiger partial charge on any atom is -0.497 e. The number of anilines is 1. The van der Waals surface area contributed by atoms with Gasteiger partial charge in [-0.1, -0.05) is 11.6 Å². The third-order valence-corrected chi connectivity index (χ3v) is 3.25. The van der Waals surface area contributed by atoms with Gasteiger partial charge in [0, 0.05) is 17.6 Å². The van der Waals surface area contributed by atoms with Gasteiger partial charge in [0.25, 0.3) is 0 Å². The molecule has 1 N–H and O–H groups in total. The topological polar surface area (TPSA) is 30.5 Å². The van der Waals surface area contributed by atoms with Gasteiger partial charge in [0.1, 0.15) is 17.3 Å². The van der Waals surface area contributed by atoms with E-state index in [-0.39, 0.29) is 5.82 Å². The van der Waals surface area contributed by atoms with Crippen molar-refractivity contribution in [3.63, 3.8) is 0 Å². The van der Waals surface area contributed by atoms with Gasteiger partial charge in [-0.2, -0.15) is 0 Å². The first-order valence-corrected chi connectivity index (χ1v) is 6.41. The van der Waals surface area contributed by atoms with Crippen molar-refractivity contribution in [3.05, 3.63) is 52.8 Å². The van der Waals surface area contributed by atoms with Gasteiger partial charge in [0.15, 0.2) is 0 Å². The van der Waals surface area contributed by atoms with Gasteiger partial charge in [-0.15, -0.1) is 0 Å². The fraction of sp³-hybridized carbons (Fsp3) is 0.200. The molecule has 0 aliphatic rings. The maximum Gasteiger partial charge on any atom is 0.145 e. The van der Waals surface area contributed by atoms with Crippen molar-refractivity contribution in [3.8, 4) is 11.5 Å². The van der Waals surface area contributed by atoms with Crippen molar-refractivity contribution < 1.29 is 13.9 Å². The predicted molar refractivity (Wildman–Crippen MR) is 78.3 cm³/mol. The number of hydrogen-bond acceptors (Lipinski definition) is 3. The first kappa shape index (κ1) is 14.5. The first-order chi connectivity index (χ1) is 9.63. The number of benzene rings is 2. The van der Waals surface area contributed by atoms with E-state index in [1.54, 1.807) is 26.4 Å². The zero-order valence-electron chi connectivity index (χ0n) is 11.2. The lowest BCUT2D eigenvalue weighted by molar-refractivity contribution is 0.395. The molecule has 2 rings (SSSR count). The van der Waals surface area contributed by atoms with E-state index in [1.165, 1.54) is 12.1 Å². The van der Waals surface area contributed by atoms with Crippen LogP contribution in [0.25, 0.3) is 0 Å². The molecule has 5 heteroatoms. The third-order valence-electron chi connectivity index (χ3n) is 2.89. The van der Waals surface area contributed by atoms with Crippen LogP contribution in [0.4, 0.5) is 10.1 Å². The van der Waals surface area contributed by atoms with Crippen LogP contribution in [0.5, 0.6) is 11.5 Å². The van der Waals surface area contributed by atoms with Crippen LogP contribution in [0.15, 0.2) is 36.4 Å². The normalized spacial score (nSPS) is 10.2. The quantitative estimate of drug-likeness (QED) is 0.900. The number of hydrogen-bond donors (Lipinski definition) is 1. The Morgan fingerprint density at radius 1 is 1.10 bits per heavy atom. The van der Waals surface area contributed by atoms with Crippen molar-refractivity contribution in [2.45, 2.75) is 6.54 Å². The smallest absolute Gasteiger partial charge is 0.145 e. The molecule has 0 fully saturated rings. The molecule has 0 amide bonds. The highest BCUT2D eigenvalue weighted by Crippen LogP contribution is 2.30. The van der Waals surface area contributed by atoms with Crippen LogP contribution in [0.1, 0.15) is 5.56 Å². The monoisotopic (exact) mass is 295 g/mol. The summed E-state index contributed by atoms with van der Waals surface area (Å²) in [4.78, 5) is 0. The molecule has 0 bridgehead atoms. The second-order valence-electron chi connectivity index (χ2n) is 4.16. The molecule has 0 saturated carbocycles. The molecule has 0 saturated heterocycles. The molecule has 0 aromatic heterocycles. The van der Waals surface area contributed by atoms with Crippen molar-refractivity contribution >= 4 is 17.3 Å². The molecule has 2 aromatic carbocycles. The van der Waals surface area contributed by atoms with Crippen molar-refractivity contribution in [2.75, 3.05) is 19.5 Å². The van der Waals surface area contributed by atoms with Gasteiger partial charge in [-0.3, -0.25) is 0 Å². The number of rotatable bonds is 5. The highest BCUT2D eigenvalue weighted by Gasteiger charge is 2.07. The summed E-state index contributed by atoms with van der Waals surface area (Å²) in [6.07, 6.45) is 0. The summed E-state index contributed by atoms with van der Waals surface area (Å²) in [5.41, 5.74) is 1.47. The zero-order valence-corrected chi connectivity index (χ0v) is 12.0. The molecule has 2 aromatic rings. The molecular formula is C15H15ClFNO2. The Labute approximate surface area is 122 Å². The fourth-order valence-electron chi connectivity index (χ4n) is 1.81. The molecule has 0 atom stereocenters. The number of methoxy groups -OCH3 is 2. The number of ether oxygens (including phenoxy) is 2. The summed E-state index contributed by atoms with van der Waals surface area (Å²) in [6.45, 7) is 0.402. The minimum atomic E-state index is -0.312. The van der Waals surface area contributed by atoms with E-state index in [4.69, 9.17) is 21.1 Å². The predicted octanol–water partition coefficient (Wildman–Crippen LogP) is 4.11. The molecular weight excluding hydrogens is 281 g/mol. The van der Waals surface area contributed by atoms with Gasteiger partial charge < -0.3 is 14.8 Å². The number of nitrogens with one attached hydrogen (secondary N) is 1. The molecule has 0 spiro atoms. The highest BCUT2D eigenvalue weighted by molar-refractivity contribution is 6.31. The highest BCUT2D eigenvalue weighted by atomic mass is 35.5. The SMILES string of the molecule is COc1ccc(NCc2cc(F)ccc2Cl)c(OC)c1. The standard InChI is InChI=1S/C15H15ClFNO2/c1-19-12-4-6-14(15(8-12)20-2)18-9-10-7-11(17)3-5-13(10)16/h3-8,18H,9H2,1-2H3. The van der Waals surface area contributed by atoms with Crippen LogP contribution in [0.3, 0.4) is 0 Å². The van der Waals surface area contributed by atoms with Crippen LogP contribution >= 0.6 is 11.6 Å². The Balaban J connectivity index is 2.16. The number of halogens is 2. The lowest BCUT2D eigenvalue weighted by atomic mass is 10.2. The van der Waals surface area contributed by atoms with E-state index in [1.807, 2.05) is 12.1 Å². The average Bonchev–Trinajstić information content (AvgIpc) is 2.48. The Kier molecular flexibility index (Phi) is 4.69. The summed E-state index contributed by atoms with van der Waals surface area (Å²) in [6, 6.07) is 9.71. The largest absolute Gasteiger partial charge is 0.497 e. The Bertz CT molecular complexity index is 604. The van der Waals surface area contributed by atoms with E-state index < -0.39 is 0 Å². The summed E-state index contributed by atoms with van der Waals surface area (Å²) < 4.78 is 23.6. The van der Waals surface area contributed by atoms with Crippen LogP contribution < -0.4 is 14.8 Å². The lowest BCUT2D eigenvalue weighted by Crippen LogP contribution is -2.02. The zero-order chi connectivity index (χ0) is 14.5. The van der Waals surface area contributed by atoms with E-state index in [9.17, 15) is 4.39 Å². The summed E-state index contributed by atoms with van der Waals surface area (Å²) in [5.74, 6) is 1.04. The van der Waals surface area contributed by atoms with Crippen LogP contribution in [0.2, 0.25) is 5.02 Å². The van der Waals surface area contributed by atoms with Crippen LogP contribution in [-0.2, 0) is 6.54 Å².